The molecule has 0 spiro atoms. The second kappa shape index (κ2) is 7.93. The lowest BCUT2D eigenvalue weighted by molar-refractivity contribution is -0.152. The molecule has 3 atom stereocenters. The molecule has 4 rings (SSSR count). The standard InChI is InChI=1S/C20H28N4O4/c1-28-17-6-9-21-20(22-17)23-10-7-13(8-11-23)18(25)24-15-5-3-2-4-14(15)12-16(24)19(26)27/h6,9,13-16H,2-5,7-8,10-12H2,1H3,(H,26,27). The predicted octanol–water partition coefficient (Wildman–Crippen LogP) is 1.95. The van der Waals surface area contributed by atoms with Gasteiger partial charge < -0.3 is 19.6 Å². The number of hydrogen-bond acceptors (Lipinski definition) is 6. The number of hydrogen-bond donors (Lipinski definition) is 1. The third kappa shape index (κ3) is 3.52. The molecule has 0 aromatic carbocycles. The molecular weight excluding hydrogens is 360 g/mol. The van der Waals surface area contributed by atoms with E-state index in [0.29, 0.717) is 50.1 Å². The maximum atomic E-state index is 13.3. The Morgan fingerprint density at radius 2 is 1.93 bits per heavy atom. The molecule has 0 radical (unpaired) electrons. The van der Waals surface area contributed by atoms with Crippen LogP contribution >= 0.6 is 0 Å². The van der Waals surface area contributed by atoms with Gasteiger partial charge in [0.1, 0.15) is 6.04 Å². The SMILES string of the molecule is COc1ccnc(N2CCC(C(=O)N3C(C(=O)O)CC4CCCCC43)CC2)n1. The van der Waals surface area contributed by atoms with Crippen molar-refractivity contribution >= 4 is 17.8 Å². The minimum atomic E-state index is -0.857. The summed E-state index contributed by atoms with van der Waals surface area (Å²) in [5.41, 5.74) is 0. The predicted molar refractivity (Wildman–Crippen MR) is 102 cm³/mol. The van der Waals surface area contributed by atoms with Gasteiger partial charge >= 0.3 is 5.97 Å². The first kappa shape index (κ1) is 19.0. The van der Waals surface area contributed by atoms with E-state index in [1.165, 1.54) is 0 Å². The topological polar surface area (TPSA) is 95.9 Å². The Labute approximate surface area is 164 Å². The number of carboxylic acids is 1. The molecular formula is C20H28N4O4. The van der Waals surface area contributed by atoms with Crippen LogP contribution in [0.2, 0.25) is 0 Å². The summed E-state index contributed by atoms with van der Waals surface area (Å²) in [4.78, 5) is 37.6. The second-order valence-electron chi connectivity index (χ2n) is 8.11. The molecule has 152 valence electrons. The van der Waals surface area contributed by atoms with E-state index >= 15 is 0 Å². The number of anilines is 1. The van der Waals surface area contributed by atoms with Crippen LogP contribution in [0.5, 0.6) is 5.88 Å². The maximum Gasteiger partial charge on any atom is 0.326 e. The molecule has 8 heteroatoms. The molecule has 2 aliphatic heterocycles. The van der Waals surface area contributed by atoms with Crippen LogP contribution in [-0.4, -0.2) is 64.1 Å². The molecule has 28 heavy (non-hydrogen) atoms. The fourth-order valence-corrected chi connectivity index (χ4v) is 5.13. The average Bonchev–Trinajstić information content (AvgIpc) is 3.13. The summed E-state index contributed by atoms with van der Waals surface area (Å²) >= 11 is 0. The molecule has 3 fully saturated rings. The van der Waals surface area contributed by atoms with Crippen LogP contribution in [0, 0.1) is 11.8 Å². The van der Waals surface area contributed by atoms with E-state index in [1.807, 2.05) is 0 Å². The first-order valence-electron chi connectivity index (χ1n) is 10.3. The van der Waals surface area contributed by atoms with Gasteiger partial charge in [-0.05, 0) is 38.0 Å². The monoisotopic (exact) mass is 388 g/mol. The van der Waals surface area contributed by atoms with Gasteiger partial charge in [0.05, 0.1) is 7.11 Å². The molecule has 3 unspecified atom stereocenters. The zero-order chi connectivity index (χ0) is 19.7. The molecule has 1 aromatic heterocycles. The van der Waals surface area contributed by atoms with Crippen LogP contribution in [0.25, 0.3) is 0 Å². The third-order valence-electron chi connectivity index (χ3n) is 6.58. The zero-order valence-corrected chi connectivity index (χ0v) is 16.3. The summed E-state index contributed by atoms with van der Waals surface area (Å²) in [5.74, 6) is 0.543. The van der Waals surface area contributed by atoms with Gasteiger partial charge in [0.15, 0.2) is 0 Å². The van der Waals surface area contributed by atoms with Gasteiger partial charge in [-0.1, -0.05) is 12.8 Å². The molecule has 1 N–H and O–H groups in total. The molecule has 3 aliphatic rings. The first-order valence-corrected chi connectivity index (χ1v) is 10.3. The fraction of sp³-hybridized carbons (Fsp3) is 0.700. The molecule has 3 heterocycles. The minimum absolute atomic E-state index is 0.0352. The normalized spacial score (nSPS) is 28.1. The summed E-state index contributed by atoms with van der Waals surface area (Å²) in [5, 5.41) is 9.69. The van der Waals surface area contributed by atoms with Gasteiger partial charge in [-0.3, -0.25) is 4.79 Å². The van der Waals surface area contributed by atoms with Crippen LogP contribution in [0.15, 0.2) is 12.3 Å². The number of piperidine rings is 1. The number of nitrogens with zero attached hydrogens (tertiary/aromatic N) is 4. The molecule has 8 nitrogen and oxygen atoms in total. The van der Waals surface area contributed by atoms with Gasteiger partial charge in [0.2, 0.25) is 17.7 Å². The number of rotatable bonds is 4. The molecule has 1 saturated carbocycles. The maximum absolute atomic E-state index is 13.3. The van der Waals surface area contributed by atoms with E-state index in [2.05, 4.69) is 14.9 Å². The Balaban J connectivity index is 1.43. The Morgan fingerprint density at radius 3 is 2.64 bits per heavy atom. The van der Waals surface area contributed by atoms with Crippen molar-refractivity contribution < 1.29 is 19.4 Å². The van der Waals surface area contributed by atoms with Crippen molar-refractivity contribution in [2.24, 2.45) is 11.8 Å². The Morgan fingerprint density at radius 1 is 1.18 bits per heavy atom. The van der Waals surface area contributed by atoms with Gasteiger partial charge in [0.25, 0.3) is 0 Å². The largest absolute Gasteiger partial charge is 0.481 e. The zero-order valence-electron chi connectivity index (χ0n) is 16.3. The number of likely N-dealkylation sites (tertiary alicyclic amines) is 1. The Bertz CT molecular complexity index is 735. The molecule has 0 bridgehead atoms. The highest BCUT2D eigenvalue weighted by Gasteiger charge is 2.49. The summed E-state index contributed by atoms with van der Waals surface area (Å²) in [6, 6.07) is 1.17. The van der Waals surface area contributed by atoms with Crippen molar-refractivity contribution in [2.45, 2.75) is 57.0 Å². The van der Waals surface area contributed by atoms with Gasteiger partial charge in [-0.2, -0.15) is 4.98 Å². The molecule has 1 aliphatic carbocycles. The molecule has 2 saturated heterocycles. The summed E-state index contributed by atoms with van der Waals surface area (Å²) in [6.07, 6.45) is 7.89. The van der Waals surface area contributed by atoms with Crippen LogP contribution in [0.3, 0.4) is 0 Å². The first-order chi connectivity index (χ1) is 13.6. The minimum Gasteiger partial charge on any atom is -0.481 e. The van der Waals surface area contributed by atoms with E-state index in [1.54, 1.807) is 24.3 Å². The van der Waals surface area contributed by atoms with Crippen molar-refractivity contribution in [1.82, 2.24) is 14.9 Å². The lowest BCUT2D eigenvalue weighted by atomic mass is 9.84. The van der Waals surface area contributed by atoms with Crippen LogP contribution in [0.1, 0.15) is 44.9 Å². The number of methoxy groups -OCH3 is 1. The van der Waals surface area contributed by atoms with E-state index in [-0.39, 0.29) is 17.9 Å². The highest BCUT2D eigenvalue weighted by atomic mass is 16.5. The highest BCUT2D eigenvalue weighted by molar-refractivity contribution is 5.86. The van der Waals surface area contributed by atoms with Crippen LogP contribution in [0.4, 0.5) is 5.95 Å². The van der Waals surface area contributed by atoms with Gasteiger partial charge in [0, 0.05) is 37.3 Å². The van der Waals surface area contributed by atoms with E-state index in [4.69, 9.17) is 4.74 Å². The lowest BCUT2D eigenvalue weighted by Gasteiger charge is -2.38. The Kier molecular flexibility index (Phi) is 5.37. The van der Waals surface area contributed by atoms with E-state index in [9.17, 15) is 14.7 Å². The van der Waals surface area contributed by atoms with Crippen molar-refractivity contribution in [3.8, 4) is 5.88 Å². The van der Waals surface area contributed by atoms with Crippen molar-refractivity contribution in [1.29, 1.82) is 0 Å². The average molecular weight is 388 g/mol. The van der Waals surface area contributed by atoms with E-state index < -0.39 is 12.0 Å². The van der Waals surface area contributed by atoms with Crippen LogP contribution < -0.4 is 9.64 Å². The smallest absolute Gasteiger partial charge is 0.326 e. The van der Waals surface area contributed by atoms with Crippen molar-refractivity contribution in [3.05, 3.63) is 12.3 Å². The van der Waals surface area contributed by atoms with Crippen molar-refractivity contribution in [2.75, 3.05) is 25.1 Å². The third-order valence-corrected chi connectivity index (χ3v) is 6.58. The number of aromatic nitrogens is 2. The van der Waals surface area contributed by atoms with Crippen LogP contribution in [-0.2, 0) is 9.59 Å². The highest BCUT2D eigenvalue weighted by Crippen LogP contribution is 2.41. The number of carbonyl (C=O) groups is 2. The van der Waals surface area contributed by atoms with Gasteiger partial charge in [-0.15, -0.1) is 0 Å². The number of carbonyl (C=O) groups excluding carboxylic acids is 1. The quantitative estimate of drug-likeness (QED) is 0.842. The molecule has 1 amide bonds. The van der Waals surface area contributed by atoms with Crippen molar-refractivity contribution in [3.63, 3.8) is 0 Å². The second-order valence-corrected chi connectivity index (χ2v) is 8.11. The number of aliphatic carboxylic acids is 1. The Hall–Kier alpha value is -2.38. The number of ether oxygens (including phenoxy) is 1. The van der Waals surface area contributed by atoms with Gasteiger partial charge in [-0.25, -0.2) is 9.78 Å². The fourth-order valence-electron chi connectivity index (χ4n) is 5.13. The summed E-state index contributed by atoms with van der Waals surface area (Å²) in [7, 11) is 1.57. The van der Waals surface area contributed by atoms with E-state index in [0.717, 1.165) is 25.7 Å². The lowest BCUT2D eigenvalue weighted by Crippen LogP contribution is -2.50. The number of carboxylic acid groups (broad SMARTS) is 1. The summed E-state index contributed by atoms with van der Waals surface area (Å²) < 4.78 is 5.16. The number of fused-ring (bicyclic) bond motifs is 1. The molecule has 1 aromatic rings. The number of amides is 1. The summed E-state index contributed by atoms with van der Waals surface area (Å²) in [6.45, 7) is 1.37.